The first-order chi connectivity index (χ1) is 1.73. The minimum atomic E-state index is 0. The summed E-state index contributed by atoms with van der Waals surface area (Å²) in [5, 5.41) is 7.97. The summed E-state index contributed by atoms with van der Waals surface area (Å²) in [5.41, 5.74) is 0. The molecule has 37 valence electrons. The summed E-state index contributed by atoms with van der Waals surface area (Å²) >= 11 is 0. The average Bonchev–Trinajstić information content (AvgIpc) is 0.811. The predicted octanol–water partition coefficient (Wildman–Crippen LogP) is 1.38. The zero-order valence-corrected chi connectivity index (χ0v) is 7.36. The van der Waals surface area contributed by atoms with Gasteiger partial charge in [-0.05, 0) is 0 Å². The molecule has 6 heavy (non-hydrogen) atoms. The second-order valence-electron chi connectivity index (χ2n) is 0.947. The van der Waals surface area contributed by atoms with Gasteiger partial charge in [0.15, 0.2) is 0 Å². The second-order valence-corrected chi connectivity index (χ2v) is 0.947. The van der Waals surface area contributed by atoms with Gasteiger partial charge in [0.2, 0.25) is 0 Å². The number of hydrogen-bond donors (Lipinski definition) is 1. The molecule has 0 fully saturated rings. The largest absolute Gasteiger partial charge is 0.563 e. The van der Waals surface area contributed by atoms with Crippen LogP contribution in [0.15, 0.2) is 0 Å². The molecule has 1 nitrogen and oxygen atoms in total. The van der Waals surface area contributed by atoms with Gasteiger partial charge < -0.3 is 12.5 Å². The summed E-state index contributed by atoms with van der Waals surface area (Å²) in [6, 6.07) is 0. The van der Waals surface area contributed by atoms with Gasteiger partial charge >= 0.3 is 0 Å². The van der Waals surface area contributed by atoms with Gasteiger partial charge in [0.05, 0.1) is 0 Å². The first-order valence-electron chi connectivity index (χ1n) is 1.22. The third-order valence-corrected chi connectivity index (χ3v) is 0. The quantitative estimate of drug-likeness (QED) is 0.535. The van der Waals surface area contributed by atoms with Crippen molar-refractivity contribution in [2.45, 2.75) is 13.8 Å². The first-order valence-corrected chi connectivity index (χ1v) is 1.22. The molecule has 0 heterocycles. The third kappa shape index (κ3) is 73.9. The zero-order chi connectivity index (χ0) is 3.58. The van der Waals surface area contributed by atoms with E-state index in [0.29, 0.717) is 6.10 Å². The Morgan fingerprint density at radius 2 is 1.33 bits per heavy atom. The van der Waals surface area contributed by atoms with Crippen LogP contribution in [0.25, 0.3) is 0 Å². The minimum Gasteiger partial charge on any atom is -0.563 e. The molecular weight excluding hydrogens is 153 g/mol. The molecule has 0 saturated heterocycles. The van der Waals surface area contributed by atoms with Gasteiger partial charge in [-0.3, -0.25) is 0 Å². The molecule has 0 aliphatic heterocycles. The van der Waals surface area contributed by atoms with Gasteiger partial charge in [0.1, 0.15) is 0 Å². The van der Waals surface area contributed by atoms with Gasteiger partial charge in [-0.1, -0.05) is 0 Å². The predicted molar refractivity (Wildman–Crippen MR) is 22.9 cm³/mol. The van der Waals surface area contributed by atoms with Crippen LogP contribution in [-0.4, -0.2) is 5.11 Å². The Morgan fingerprint density at radius 3 is 1.33 bits per heavy atom. The molecule has 0 spiro atoms. The topological polar surface area (TPSA) is 20.2 Å². The molecule has 0 aromatic heterocycles. The van der Waals surface area contributed by atoms with E-state index in [2.05, 4.69) is 0 Å². The van der Waals surface area contributed by atoms with Crippen molar-refractivity contribution in [1.29, 1.82) is 0 Å². The van der Waals surface area contributed by atoms with Gasteiger partial charge in [0, 0.05) is 32.7 Å². The van der Waals surface area contributed by atoms with Gasteiger partial charge in [-0.25, -0.2) is 6.10 Å². The fourth-order valence-corrected chi connectivity index (χ4v) is 0. The monoisotopic (exact) mass is 163 g/mol. The molecule has 0 bridgehead atoms. The molecule has 0 aliphatic carbocycles. The van der Waals surface area contributed by atoms with Crippen LogP contribution in [0.3, 0.4) is 0 Å². The van der Waals surface area contributed by atoms with Gasteiger partial charge in [-0.15, -0.1) is 0 Å². The van der Waals surface area contributed by atoms with E-state index in [-0.39, 0.29) is 40.1 Å². The number of rotatable bonds is 0. The zero-order valence-electron chi connectivity index (χ0n) is 4.52. The van der Waals surface area contributed by atoms with E-state index >= 15 is 0 Å². The van der Waals surface area contributed by atoms with E-state index in [1.807, 2.05) is 0 Å². The van der Waals surface area contributed by atoms with Crippen LogP contribution in [0.1, 0.15) is 13.8 Å². The van der Waals surface area contributed by atoms with E-state index in [0.717, 1.165) is 0 Å². The molecule has 0 atom stereocenters. The van der Waals surface area contributed by atoms with Crippen LogP contribution in [0.5, 0.6) is 0 Å². The molecule has 2 heteroatoms. The van der Waals surface area contributed by atoms with Crippen LogP contribution >= 0.6 is 0 Å². The third-order valence-electron chi connectivity index (χ3n) is 0. The summed E-state index contributed by atoms with van der Waals surface area (Å²) in [6.45, 7) is 3.28. The normalized spacial score (nSPS) is 6.00. The van der Waals surface area contributed by atoms with E-state index in [1.165, 1.54) is 0 Å². The van der Waals surface area contributed by atoms with Crippen molar-refractivity contribution in [3.8, 4) is 0 Å². The van der Waals surface area contributed by atoms with Crippen LogP contribution < -0.4 is 0 Å². The van der Waals surface area contributed by atoms with Crippen molar-refractivity contribution in [2.24, 2.45) is 0 Å². The molecule has 0 aromatic carbocycles. The maximum absolute atomic E-state index is 7.97. The molecule has 1 N–H and O–H groups in total. The molecular formula is C4H10OY-2. The van der Waals surface area contributed by atoms with E-state index in [1.54, 1.807) is 13.8 Å². The van der Waals surface area contributed by atoms with E-state index < -0.39 is 0 Å². The number of aliphatic hydroxyl groups excluding tert-OH is 1. The number of aliphatic hydroxyl groups is 1. The summed E-state index contributed by atoms with van der Waals surface area (Å²) in [7, 11) is 0. The number of hydrogen-bond acceptors (Lipinski definition) is 1. The fraction of sp³-hybridized carbons (Fsp3) is 0.500. The summed E-state index contributed by atoms with van der Waals surface area (Å²) < 4.78 is 0. The molecule has 0 aromatic rings. The Hall–Kier alpha value is 1.06. The minimum absolute atomic E-state index is 0. The molecule has 0 saturated carbocycles. The Balaban J connectivity index is -0.0000000450. The molecule has 0 amide bonds. The smallest absolute Gasteiger partial charge is 0 e. The fourth-order valence-electron chi connectivity index (χ4n) is 0. The summed E-state index contributed by atoms with van der Waals surface area (Å²) in [5.74, 6) is 0. The Labute approximate surface area is 65.0 Å². The average molecular weight is 163 g/mol. The van der Waals surface area contributed by atoms with Crippen molar-refractivity contribution >= 4 is 0 Å². The Kier molecular flexibility index (Phi) is 24.7. The van der Waals surface area contributed by atoms with E-state index in [4.69, 9.17) is 5.11 Å². The van der Waals surface area contributed by atoms with E-state index in [9.17, 15) is 0 Å². The molecule has 0 aliphatic rings. The maximum Gasteiger partial charge on any atom is 0 e. The van der Waals surface area contributed by atoms with Crippen molar-refractivity contribution in [1.82, 2.24) is 0 Å². The van der Waals surface area contributed by atoms with Crippen molar-refractivity contribution in [2.75, 3.05) is 0 Å². The SMILES string of the molecule is C[C-](C)O.[CH3-].[Y]. The standard InChI is InChI=1S/C3H7O.CH3.Y/c1-3(2)4;;/h4H,1-2H3;1H3;/q2*-1;. The van der Waals surface area contributed by atoms with Gasteiger partial charge in [0.25, 0.3) is 0 Å². The van der Waals surface area contributed by atoms with Crippen LogP contribution in [0.4, 0.5) is 0 Å². The van der Waals surface area contributed by atoms with Crippen LogP contribution in [0.2, 0.25) is 0 Å². The Bertz CT molecular complexity index is 12.3. The van der Waals surface area contributed by atoms with Crippen LogP contribution in [0, 0.1) is 13.5 Å². The van der Waals surface area contributed by atoms with Gasteiger partial charge in [-0.2, -0.15) is 13.8 Å². The molecule has 0 rings (SSSR count). The van der Waals surface area contributed by atoms with Crippen molar-refractivity contribution in [3.63, 3.8) is 0 Å². The summed E-state index contributed by atoms with van der Waals surface area (Å²) in [4.78, 5) is 0. The maximum atomic E-state index is 7.97. The van der Waals surface area contributed by atoms with Crippen LogP contribution in [-0.2, 0) is 32.7 Å². The van der Waals surface area contributed by atoms with Crippen molar-refractivity contribution in [3.05, 3.63) is 13.5 Å². The molecule has 0 unspecified atom stereocenters. The first kappa shape index (κ1) is 15.7. The molecule has 1 radical (unpaired) electrons. The Morgan fingerprint density at radius 1 is 1.33 bits per heavy atom. The second kappa shape index (κ2) is 9.42. The summed E-state index contributed by atoms with van der Waals surface area (Å²) in [6.07, 6.45) is 0.417. The van der Waals surface area contributed by atoms with Crippen molar-refractivity contribution < 1.29 is 37.8 Å².